The van der Waals surface area contributed by atoms with Crippen molar-refractivity contribution >= 4 is 35.3 Å². The average Bonchev–Trinajstić information content (AvgIpc) is 3.05. The third-order valence-electron chi connectivity index (χ3n) is 7.38. The molecule has 0 unspecified atom stereocenters. The van der Waals surface area contributed by atoms with Gasteiger partial charge in [0, 0.05) is 44.7 Å². The molecule has 0 atom stereocenters. The molecule has 0 saturated heterocycles. The first-order chi connectivity index (χ1) is 23.6. The maximum atomic E-state index is 13.2. The van der Waals surface area contributed by atoms with Crippen LogP contribution in [0, 0.1) is 11.3 Å². The van der Waals surface area contributed by atoms with E-state index in [-0.39, 0.29) is 62.8 Å². The molecule has 0 fully saturated rings. The Bertz CT molecular complexity index is 1660. The highest BCUT2D eigenvalue weighted by atomic mass is 35.5. The van der Waals surface area contributed by atoms with Crippen LogP contribution < -0.4 is 25.4 Å². The molecule has 12 nitrogen and oxygen atoms in total. The van der Waals surface area contributed by atoms with E-state index < -0.39 is 36.0 Å². The first kappa shape index (κ1) is 38.1. The minimum atomic E-state index is -4.59. The smallest absolute Gasteiger partial charge is 0.422 e. The maximum absolute atomic E-state index is 13.2. The van der Waals surface area contributed by atoms with Crippen LogP contribution in [0.25, 0.3) is 0 Å². The van der Waals surface area contributed by atoms with Crippen molar-refractivity contribution in [2.24, 2.45) is 11.3 Å². The van der Waals surface area contributed by atoms with Gasteiger partial charge in [0.25, 0.3) is 5.91 Å². The lowest BCUT2D eigenvalue weighted by atomic mass is 9.92. The summed E-state index contributed by atoms with van der Waals surface area (Å²) in [5, 5.41) is 8.87. The number of benzene rings is 2. The van der Waals surface area contributed by atoms with Crippen LogP contribution in [-0.2, 0) is 22.6 Å². The normalized spacial score (nSPS) is 15.8. The van der Waals surface area contributed by atoms with Crippen molar-refractivity contribution in [3.63, 3.8) is 0 Å². The van der Waals surface area contributed by atoms with Gasteiger partial charge in [-0.2, -0.15) is 28.1 Å². The molecule has 4 aliphatic rings. The Morgan fingerprint density at radius 1 is 1.08 bits per heavy atom. The summed E-state index contributed by atoms with van der Waals surface area (Å²) in [5.74, 6) is -1.01. The molecule has 3 aromatic rings. The third-order valence-corrected chi connectivity index (χ3v) is 7.68. The van der Waals surface area contributed by atoms with E-state index in [1.165, 1.54) is 4.90 Å². The molecule has 50 heavy (non-hydrogen) atoms. The van der Waals surface area contributed by atoms with Gasteiger partial charge in [-0.05, 0) is 53.1 Å². The molecule has 6 bridgehead atoms. The van der Waals surface area contributed by atoms with Gasteiger partial charge >= 0.3 is 24.0 Å². The van der Waals surface area contributed by atoms with Crippen molar-refractivity contribution in [3.8, 4) is 11.8 Å². The molecule has 3 N–H and O–H groups in total. The summed E-state index contributed by atoms with van der Waals surface area (Å²) in [6.07, 6.45) is -4.09. The Morgan fingerprint density at radius 2 is 1.80 bits per heavy atom. The van der Waals surface area contributed by atoms with Crippen molar-refractivity contribution < 1.29 is 37.0 Å². The van der Waals surface area contributed by atoms with Gasteiger partial charge in [0.15, 0.2) is 6.61 Å². The molecule has 1 aromatic heterocycles. The van der Waals surface area contributed by atoms with Crippen LogP contribution in [0.15, 0.2) is 42.5 Å². The molecule has 7 rings (SSSR count). The van der Waals surface area contributed by atoms with Crippen LogP contribution in [0.3, 0.4) is 0 Å². The Labute approximate surface area is 293 Å². The number of anilines is 1. The van der Waals surface area contributed by atoms with Crippen molar-refractivity contribution in [1.82, 2.24) is 30.5 Å². The second-order valence-electron chi connectivity index (χ2n) is 13.1. The van der Waals surface area contributed by atoms with Crippen LogP contribution in [0.2, 0.25) is 5.02 Å². The number of carbonyl (C=O) groups is 3. The number of nitrogens with one attached hydrogen (secondary N) is 3. The Hall–Kier alpha value is -4.66. The highest BCUT2D eigenvalue weighted by molar-refractivity contribution is 6.35. The van der Waals surface area contributed by atoms with Gasteiger partial charge in [0.2, 0.25) is 5.95 Å². The number of nitrogens with zero attached hydrogens (tertiary/aromatic N) is 4. The van der Waals surface area contributed by atoms with Gasteiger partial charge in [-0.1, -0.05) is 57.5 Å². The number of alkyl halides is 3. The first-order valence-electron chi connectivity index (χ1n) is 16.1. The molecular weight excluding hydrogens is 679 g/mol. The quantitative estimate of drug-likeness (QED) is 0.323. The molecule has 3 amide bonds. The molecule has 2 aromatic carbocycles. The van der Waals surface area contributed by atoms with Gasteiger partial charge in [-0.25, -0.2) is 0 Å². The summed E-state index contributed by atoms with van der Waals surface area (Å²) in [7, 11) is 0. The minimum absolute atomic E-state index is 0.00585. The van der Waals surface area contributed by atoms with Gasteiger partial charge in [0.1, 0.15) is 11.6 Å². The van der Waals surface area contributed by atoms with Crippen molar-refractivity contribution in [3.05, 3.63) is 70.0 Å². The van der Waals surface area contributed by atoms with E-state index in [0.29, 0.717) is 40.4 Å². The standard InChI is InChI=1S/C34H41ClF3N7O5/c1-21(2)16-39-29(47)30(48)45-12-5-13-49-26-11-8-23(14-25(26)35)17-40-31-42-27(43-32(44-31)50-20-34(36,37)38)15-22-6-9-24(10-7-22)28(46)41-18-33(3,4)19-45/h6-11,14,21H,5,12-13,15-20H2,1-4H3,(H,39,47)(H,41,46)(H,40,42,43,44). The zero-order chi connectivity index (χ0) is 36.5. The third kappa shape index (κ3) is 12.0. The number of halogens is 4. The zero-order valence-corrected chi connectivity index (χ0v) is 29.1. The fourth-order valence-corrected chi connectivity index (χ4v) is 5.13. The summed E-state index contributed by atoms with van der Waals surface area (Å²) >= 11 is 6.50. The van der Waals surface area contributed by atoms with E-state index in [9.17, 15) is 27.6 Å². The molecule has 0 radical (unpaired) electrons. The van der Waals surface area contributed by atoms with E-state index >= 15 is 0 Å². The van der Waals surface area contributed by atoms with Crippen molar-refractivity contribution in [2.45, 2.75) is 53.3 Å². The van der Waals surface area contributed by atoms with E-state index in [0.717, 1.165) is 0 Å². The largest absolute Gasteiger partial charge is 0.492 e. The van der Waals surface area contributed by atoms with Gasteiger partial charge in [-0.3, -0.25) is 14.4 Å². The number of aromatic nitrogens is 3. The number of rotatable bonds is 4. The van der Waals surface area contributed by atoms with E-state index in [1.54, 1.807) is 42.5 Å². The van der Waals surface area contributed by atoms with Crippen LogP contribution in [0.5, 0.6) is 11.8 Å². The molecule has 0 aliphatic carbocycles. The average molecular weight is 720 g/mol. The number of amides is 3. The molecule has 0 saturated carbocycles. The number of carbonyl (C=O) groups excluding carboxylic acids is 3. The van der Waals surface area contributed by atoms with Crippen LogP contribution in [-0.4, -0.2) is 83.1 Å². The Balaban J connectivity index is 1.59. The summed E-state index contributed by atoms with van der Waals surface area (Å²) in [6, 6.07) is 11.2. The van der Waals surface area contributed by atoms with E-state index in [4.69, 9.17) is 21.1 Å². The van der Waals surface area contributed by atoms with Crippen LogP contribution >= 0.6 is 11.6 Å². The van der Waals surface area contributed by atoms with Crippen LogP contribution in [0.1, 0.15) is 61.4 Å². The van der Waals surface area contributed by atoms with Crippen molar-refractivity contribution in [1.29, 1.82) is 0 Å². The van der Waals surface area contributed by atoms with Gasteiger partial charge < -0.3 is 30.3 Å². The van der Waals surface area contributed by atoms with Crippen LogP contribution in [0.4, 0.5) is 19.1 Å². The topological polar surface area (TPSA) is 148 Å². The monoisotopic (exact) mass is 719 g/mol. The minimum Gasteiger partial charge on any atom is -0.492 e. The molecular formula is C34H41ClF3N7O5. The number of ether oxygens (including phenoxy) is 2. The maximum Gasteiger partial charge on any atom is 0.422 e. The molecule has 16 heteroatoms. The highest BCUT2D eigenvalue weighted by Gasteiger charge is 2.30. The molecule has 0 spiro atoms. The fourth-order valence-electron chi connectivity index (χ4n) is 4.88. The predicted octanol–water partition coefficient (Wildman–Crippen LogP) is 4.81. The predicted molar refractivity (Wildman–Crippen MR) is 180 cm³/mol. The summed E-state index contributed by atoms with van der Waals surface area (Å²) in [4.78, 5) is 52.9. The van der Waals surface area contributed by atoms with Gasteiger partial charge in [-0.15, -0.1) is 0 Å². The zero-order valence-electron chi connectivity index (χ0n) is 28.3. The number of hydrogen-bond acceptors (Lipinski definition) is 9. The Morgan fingerprint density at radius 3 is 2.48 bits per heavy atom. The fraction of sp³-hybridized carbons (Fsp3) is 0.471. The lowest BCUT2D eigenvalue weighted by Crippen LogP contribution is -2.49. The second kappa shape index (κ2) is 16.8. The Kier molecular flexibility index (Phi) is 12.8. The molecule has 4 aliphatic heterocycles. The van der Waals surface area contributed by atoms with Gasteiger partial charge in [0.05, 0.1) is 11.6 Å². The summed E-state index contributed by atoms with van der Waals surface area (Å²) in [6.45, 7) is 7.37. The lowest BCUT2D eigenvalue weighted by Gasteiger charge is -2.32. The first-order valence-corrected chi connectivity index (χ1v) is 16.5. The molecule has 5 heterocycles. The molecule has 270 valence electrons. The van der Waals surface area contributed by atoms with E-state index in [1.807, 2.05) is 27.7 Å². The summed E-state index contributed by atoms with van der Waals surface area (Å²) < 4.78 is 49.4. The highest BCUT2D eigenvalue weighted by Crippen LogP contribution is 2.26. The number of hydrogen-bond donors (Lipinski definition) is 3. The lowest BCUT2D eigenvalue weighted by molar-refractivity contribution is -0.154. The second-order valence-corrected chi connectivity index (χ2v) is 13.5. The van der Waals surface area contributed by atoms with Crippen molar-refractivity contribution in [2.75, 3.05) is 44.7 Å². The SMILES string of the molecule is CC(C)CNC(=O)C(=O)N1CCCOc2ccc(cc2Cl)CNc2nc(nc(OCC(F)(F)F)n2)Cc2ccc(cc2)C(=O)NCC(C)(C)C1. The summed E-state index contributed by atoms with van der Waals surface area (Å²) in [5.41, 5.74) is 1.14. The van der Waals surface area contributed by atoms with E-state index in [2.05, 4.69) is 30.9 Å².